The van der Waals surface area contributed by atoms with E-state index in [4.69, 9.17) is 18.0 Å². The third kappa shape index (κ3) is 2.99. The van der Waals surface area contributed by atoms with Crippen LogP contribution in [-0.4, -0.2) is 63.1 Å². The van der Waals surface area contributed by atoms with Crippen LogP contribution in [0.1, 0.15) is 29.4 Å². The predicted molar refractivity (Wildman–Crippen MR) is 81.7 cm³/mol. The van der Waals surface area contributed by atoms with Crippen molar-refractivity contribution in [3.05, 3.63) is 17.5 Å². The largest absolute Gasteiger partial charge is 0.392 e. The minimum absolute atomic E-state index is 0.0410. The molecule has 1 aromatic rings. The average molecular weight is 295 g/mol. The van der Waals surface area contributed by atoms with Gasteiger partial charge in [0, 0.05) is 31.9 Å². The summed E-state index contributed by atoms with van der Waals surface area (Å²) in [5.74, 6) is 0.0410. The van der Waals surface area contributed by atoms with Crippen molar-refractivity contribution in [2.24, 2.45) is 5.73 Å². The Kier molecular flexibility index (Phi) is 4.72. The van der Waals surface area contributed by atoms with Crippen LogP contribution in [-0.2, 0) is 0 Å². The standard InChI is InChI=1S/C13H21N5OS/c1-3-11(12(14)20)17-4-6-18(7-5-17)13(19)10-8-15-16-9(10)2/h8,11H,3-7H2,1-2H3,(H2,14,20)(H,15,16). The van der Waals surface area contributed by atoms with Crippen molar-refractivity contribution in [3.63, 3.8) is 0 Å². The number of aromatic nitrogens is 2. The molecule has 1 aromatic heterocycles. The second-order valence-corrected chi connectivity index (χ2v) is 5.53. The molecular formula is C13H21N5OS. The summed E-state index contributed by atoms with van der Waals surface area (Å²) in [6, 6.07) is 0.137. The summed E-state index contributed by atoms with van der Waals surface area (Å²) in [6.07, 6.45) is 2.50. The lowest BCUT2D eigenvalue weighted by Crippen LogP contribution is -2.54. The van der Waals surface area contributed by atoms with Crippen molar-refractivity contribution < 1.29 is 4.79 Å². The van der Waals surface area contributed by atoms with Crippen LogP contribution in [0.25, 0.3) is 0 Å². The number of aromatic amines is 1. The summed E-state index contributed by atoms with van der Waals surface area (Å²) in [7, 11) is 0. The minimum atomic E-state index is 0.0410. The van der Waals surface area contributed by atoms with Crippen LogP contribution in [0.4, 0.5) is 0 Å². The highest BCUT2D eigenvalue weighted by atomic mass is 32.1. The van der Waals surface area contributed by atoms with Gasteiger partial charge in [-0.25, -0.2) is 0 Å². The number of hydrogen-bond acceptors (Lipinski definition) is 4. The van der Waals surface area contributed by atoms with Crippen LogP contribution in [0, 0.1) is 6.92 Å². The van der Waals surface area contributed by atoms with E-state index in [1.165, 1.54) is 0 Å². The predicted octanol–water partition coefficient (Wildman–Crippen LogP) is 0.541. The Morgan fingerprint density at radius 3 is 2.60 bits per heavy atom. The number of aryl methyl sites for hydroxylation is 1. The maximum atomic E-state index is 12.4. The molecule has 1 aliphatic heterocycles. The lowest BCUT2D eigenvalue weighted by atomic mass is 10.1. The molecule has 7 heteroatoms. The fourth-order valence-electron chi connectivity index (χ4n) is 2.61. The second-order valence-electron chi connectivity index (χ2n) is 5.06. The fourth-order valence-corrected chi connectivity index (χ4v) is 2.93. The number of carbonyl (C=O) groups is 1. The first-order valence-corrected chi connectivity index (χ1v) is 7.28. The van der Waals surface area contributed by atoms with Gasteiger partial charge in [-0.05, 0) is 13.3 Å². The van der Waals surface area contributed by atoms with Crippen LogP contribution in [0.5, 0.6) is 0 Å². The number of amides is 1. The zero-order chi connectivity index (χ0) is 14.7. The molecule has 0 bridgehead atoms. The number of rotatable bonds is 4. The van der Waals surface area contributed by atoms with E-state index in [1.54, 1.807) is 6.20 Å². The van der Waals surface area contributed by atoms with E-state index in [-0.39, 0.29) is 11.9 Å². The highest BCUT2D eigenvalue weighted by Gasteiger charge is 2.27. The van der Waals surface area contributed by atoms with Crippen LogP contribution >= 0.6 is 12.2 Å². The van der Waals surface area contributed by atoms with Crippen molar-refractivity contribution in [2.75, 3.05) is 26.2 Å². The molecule has 20 heavy (non-hydrogen) atoms. The van der Waals surface area contributed by atoms with Gasteiger partial charge in [0.25, 0.3) is 5.91 Å². The van der Waals surface area contributed by atoms with Crippen LogP contribution in [0.3, 0.4) is 0 Å². The van der Waals surface area contributed by atoms with E-state index >= 15 is 0 Å². The Morgan fingerprint density at radius 1 is 1.50 bits per heavy atom. The van der Waals surface area contributed by atoms with E-state index < -0.39 is 0 Å². The first kappa shape index (κ1) is 14.9. The molecule has 1 unspecified atom stereocenters. The zero-order valence-corrected chi connectivity index (χ0v) is 12.7. The molecule has 0 aromatic carbocycles. The smallest absolute Gasteiger partial charge is 0.257 e. The molecule has 0 saturated carbocycles. The average Bonchev–Trinajstić information content (AvgIpc) is 2.85. The maximum absolute atomic E-state index is 12.4. The molecule has 6 nitrogen and oxygen atoms in total. The summed E-state index contributed by atoms with van der Waals surface area (Å²) in [6.45, 7) is 6.94. The molecule has 0 spiro atoms. The summed E-state index contributed by atoms with van der Waals surface area (Å²) in [5, 5.41) is 6.70. The van der Waals surface area contributed by atoms with E-state index in [9.17, 15) is 4.79 Å². The van der Waals surface area contributed by atoms with E-state index in [0.717, 1.165) is 25.2 Å². The molecule has 0 radical (unpaired) electrons. The maximum Gasteiger partial charge on any atom is 0.257 e. The van der Waals surface area contributed by atoms with Gasteiger partial charge in [0.05, 0.1) is 22.8 Å². The number of nitrogens with two attached hydrogens (primary N) is 1. The SMILES string of the molecule is CCC(C(N)=S)N1CCN(C(=O)c2cn[nH]c2C)CC1. The Labute approximate surface area is 124 Å². The molecule has 0 aliphatic carbocycles. The monoisotopic (exact) mass is 295 g/mol. The highest BCUT2D eigenvalue weighted by molar-refractivity contribution is 7.80. The van der Waals surface area contributed by atoms with Gasteiger partial charge in [-0.1, -0.05) is 19.1 Å². The normalized spacial score (nSPS) is 18.0. The van der Waals surface area contributed by atoms with E-state index in [2.05, 4.69) is 22.0 Å². The third-order valence-electron chi connectivity index (χ3n) is 3.82. The van der Waals surface area contributed by atoms with Gasteiger partial charge in [-0.15, -0.1) is 0 Å². The number of nitrogens with one attached hydrogen (secondary N) is 1. The number of thiocarbonyl (C=S) groups is 1. The van der Waals surface area contributed by atoms with Gasteiger partial charge in [-0.3, -0.25) is 14.8 Å². The molecule has 1 aliphatic rings. The van der Waals surface area contributed by atoms with Crippen molar-refractivity contribution in [1.82, 2.24) is 20.0 Å². The summed E-state index contributed by atoms with van der Waals surface area (Å²) in [5.41, 5.74) is 7.23. The molecule has 2 rings (SSSR count). The zero-order valence-electron chi connectivity index (χ0n) is 11.9. The van der Waals surface area contributed by atoms with Gasteiger partial charge < -0.3 is 10.6 Å². The first-order chi connectivity index (χ1) is 9.54. The van der Waals surface area contributed by atoms with Gasteiger partial charge in [0.1, 0.15) is 0 Å². The third-order valence-corrected chi connectivity index (χ3v) is 4.09. The van der Waals surface area contributed by atoms with Crippen LogP contribution in [0.15, 0.2) is 6.20 Å². The molecule has 1 atom stereocenters. The highest BCUT2D eigenvalue weighted by Crippen LogP contribution is 2.13. The Morgan fingerprint density at radius 2 is 2.15 bits per heavy atom. The van der Waals surface area contributed by atoms with Crippen LogP contribution < -0.4 is 5.73 Å². The lowest BCUT2D eigenvalue weighted by Gasteiger charge is -2.38. The van der Waals surface area contributed by atoms with Crippen molar-refractivity contribution in [3.8, 4) is 0 Å². The Balaban J connectivity index is 1.96. The number of H-pyrrole nitrogens is 1. The van der Waals surface area contributed by atoms with Crippen molar-refractivity contribution in [2.45, 2.75) is 26.3 Å². The number of nitrogens with zero attached hydrogens (tertiary/aromatic N) is 3. The van der Waals surface area contributed by atoms with Gasteiger partial charge in [0.2, 0.25) is 0 Å². The molecule has 1 amide bonds. The molecule has 1 fully saturated rings. The topological polar surface area (TPSA) is 78.2 Å². The van der Waals surface area contributed by atoms with Gasteiger partial charge in [-0.2, -0.15) is 5.10 Å². The Bertz CT molecular complexity index is 493. The quantitative estimate of drug-likeness (QED) is 0.793. The first-order valence-electron chi connectivity index (χ1n) is 6.87. The molecule has 3 N–H and O–H groups in total. The summed E-state index contributed by atoms with van der Waals surface area (Å²) in [4.78, 5) is 17.0. The number of hydrogen-bond donors (Lipinski definition) is 2. The van der Waals surface area contributed by atoms with Crippen LogP contribution in [0.2, 0.25) is 0 Å². The van der Waals surface area contributed by atoms with Gasteiger partial charge in [0.15, 0.2) is 0 Å². The summed E-state index contributed by atoms with van der Waals surface area (Å²) >= 11 is 5.10. The van der Waals surface area contributed by atoms with E-state index in [0.29, 0.717) is 23.6 Å². The summed E-state index contributed by atoms with van der Waals surface area (Å²) < 4.78 is 0. The van der Waals surface area contributed by atoms with E-state index in [1.807, 2.05) is 11.8 Å². The molecule has 1 saturated heterocycles. The molecule has 2 heterocycles. The number of piperazine rings is 1. The van der Waals surface area contributed by atoms with Crippen molar-refractivity contribution in [1.29, 1.82) is 0 Å². The van der Waals surface area contributed by atoms with Crippen molar-refractivity contribution >= 4 is 23.1 Å². The minimum Gasteiger partial charge on any atom is -0.392 e. The van der Waals surface area contributed by atoms with Gasteiger partial charge >= 0.3 is 0 Å². The number of carbonyl (C=O) groups excluding carboxylic acids is 1. The fraction of sp³-hybridized carbons (Fsp3) is 0.615. The Hall–Kier alpha value is -1.47. The lowest BCUT2D eigenvalue weighted by molar-refractivity contribution is 0.0611. The molecular weight excluding hydrogens is 274 g/mol. The second kappa shape index (κ2) is 6.32. The molecule has 110 valence electrons.